The largest absolute Gasteiger partial charge is 0.481 e. The predicted molar refractivity (Wildman–Crippen MR) is 86.2 cm³/mol. The molecule has 2 aromatic rings. The molecule has 0 aliphatic heterocycles. The van der Waals surface area contributed by atoms with Crippen molar-refractivity contribution in [2.24, 2.45) is 0 Å². The van der Waals surface area contributed by atoms with Gasteiger partial charge in [-0.2, -0.15) is 0 Å². The highest BCUT2D eigenvalue weighted by Crippen LogP contribution is 2.34. The summed E-state index contributed by atoms with van der Waals surface area (Å²) in [5.74, 6) is -0.0588. The van der Waals surface area contributed by atoms with Gasteiger partial charge in [-0.25, -0.2) is 0 Å². The summed E-state index contributed by atoms with van der Waals surface area (Å²) in [5.41, 5.74) is 7.79. The van der Waals surface area contributed by atoms with E-state index in [4.69, 9.17) is 33.7 Å². The number of hydrogen-bond donors (Lipinski definition) is 2. The summed E-state index contributed by atoms with van der Waals surface area (Å²) < 4.78 is 5.36. The molecular weight excluding hydrogens is 311 g/mol. The summed E-state index contributed by atoms with van der Waals surface area (Å²) in [7, 11) is 0. The average Bonchev–Trinajstić information content (AvgIpc) is 2.37. The van der Waals surface area contributed by atoms with Crippen molar-refractivity contribution in [1.82, 2.24) is 0 Å². The van der Waals surface area contributed by atoms with Crippen LogP contribution in [-0.2, 0) is 4.79 Å². The summed E-state index contributed by atoms with van der Waals surface area (Å²) in [6.45, 7) is 1.75. The molecule has 0 fully saturated rings. The number of carbonyl (C=O) groups is 1. The smallest absolute Gasteiger partial charge is 0.262 e. The van der Waals surface area contributed by atoms with Gasteiger partial charge in [0.1, 0.15) is 0 Å². The van der Waals surface area contributed by atoms with Crippen LogP contribution < -0.4 is 15.8 Å². The number of ether oxygens (including phenoxy) is 1. The highest BCUT2D eigenvalue weighted by molar-refractivity contribution is 6.37. The molecule has 2 aromatic carbocycles. The summed E-state index contributed by atoms with van der Waals surface area (Å²) in [6.07, 6.45) is 0. The number of nitrogens with two attached hydrogens (primary N) is 1. The Morgan fingerprint density at radius 2 is 1.90 bits per heavy atom. The maximum Gasteiger partial charge on any atom is 0.262 e. The maximum atomic E-state index is 11.8. The first kappa shape index (κ1) is 15.5. The monoisotopic (exact) mass is 324 g/mol. The molecule has 0 heterocycles. The van der Waals surface area contributed by atoms with Gasteiger partial charge in [-0.1, -0.05) is 35.3 Å². The number of hydrogen-bond acceptors (Lipinski definition) is 3. The van der Waals surface area contributed by atoms with E-state index in [-0.39, 0.29) is 28.3 Å². The summed E-state index contributed by atoms with van der Waals surface area (Å²) in [6, 6.07) is 10.5. The fourth-order valence-corrected chi connectivity index (χ4v) is 2.39. The van der Waals surface area contributed by atoms with Gasteiger partial charge in [0.05, 0.1) is 10.0 Å². The Morgan fingerprint density at radius 3 is 2.52 bits per heavy atom. The van der Waals surface area contributed by atoms with Gasteiger partial charge in [-0.05, 0) is 36.8 Å². The van der Waals surface area contributed by atoms with Gasteiger partial charge in [0, 0.05) is 11.4 Å². The number of halogens is 2. The fourth-order valence-electron chi connectivity index (χ4n) is 1.77. The third-order valence-corrected chi connectivity index (χ3v) is 3.23. The van der Waals surface area contributed by atoms with Crippen LogP contribution in [-0.4, -0.2) is 12.5 Å². The highest BCUT2D eigenvalue weighted by Gasteiger charge is 2.11. The SMILES string of the molecule is Cc1cccc(NC(=O)COc2c(Cl)cc(N)cc2Cl)c1. The van der Waals surface area contributed by atoms with Crippen LogP contribution in [0.5, 0.6) is 5.75 Å². The van der Waals surface area contributed by atoms with E-state index in [2.05, 4.69) is 5.32 Å². The fraction of sp³-hybridized carbons (Fsp3) is 0.133. The number of aryl methyl sites for hydroxylation is 1. The molecule has 110 valence electrons. The zero-order valence-corrected chi connectivity index (χ0v) is 12.8. The molecular formula is C15H14Cl2N2O2. The second kappa shape index (κ2) is 6.70. The van der Waals surface area contributed by atoms with Crippen molar-refractivity contribution >= 4 is 40.5 Å². The Bertz CT molecular complexity index is 651. The van der Waals surface area contributed by atoms with Crippen LogP contribution >= 0.6 is 23.2 Å². The quantitative estimate of drug-likeness (QED) is 0.838. The number of nitrogen functional groups attached to an aromatic ring is 1. The summed E-state index contributed by atoms with van der Waals surface area (Å²) >= 11 is 12.0. The lowest BCUT2D eigenvalue weighted by Crippen LogP contribution is -2.20. The molecule has 2 rings (SSSR count). The van der Waals surface area contributed by atoms with Gasteiger partial charge in [-0.3, -0.25) is 4.79 Å². The third-order valence-electron chi connectivity index (χ3n) is 2.67. The minimum Gasteiger partial charge on any atom is -0.481 e. The van der Waals surface area contributed by atoms with Gasteiger partial charge < -0.3 is 15.8 Å². The molecule has 0 aromatic heterocycles. The van der Waals surface area contributed by atoms with Crippen molar-refractivity contribution < 1.29 is 9.53 Å². The Morgan fingerprint density at radius 1 is 1.24 bits per heavy atom. The molecule has 0 saturated heterocycles. The lowest BCUT2D eigenvalue weighted by Gasteiger charge is -2.11. The lowest BCUT2D eigenvalue weighted by molar-refractivity contribution is -0.118. The number of rotatable bonds is 4. The first-order chi connectivity index (χ1) is 9.95. The summed E-state index contributed by atoms with van der Waals surface area (Å²) in [4.78, 5) is 11.8. The van der Waals surface area contributed by atoms with Crippen molar-refractivity contribution in [1.29, 1.82) is 0 Å². The Hall–Kier alpha value is -1.91. The first-order valence-corrected chi connectivity index (χ1v) is 6.95. The third kappa shape index (κ3) is 4.28. The number of nitrogens with one attached hydrogen (secondary N) is 1. The van der Waals surface area contributed by atoms with Crippen LogP contribution in [0.15, 0.2) is 36.4 Å². The van der Waals surface area contributed by atoms with E-state index in [0.29, 0.717) is 11.4 Å². The maximum absolute atomic E-state index is 11.8. The molecule has 0 radical (unpaired) electrons. The van der Waals surface area contributed by atoms with Crippen molar-refractivity contribution in [2.45, 2.75) is 6.92 Å². The lowest BCUT2D eigenvalue weighted by atomic mass is 10.2. The minimum atomic E-state index is -0.301. The molecule has 0 aliphatic carbocycles. The van der Waals surface area contributed by atoms with Gasteiger partial charge in [0.25, 0.3) is 5.91 Å². The molecule has 0 spiro atoms. The van der Waals surface area contributed by atoms with E-state index < -0.39 is 0 Å². The van der Waals surface area contributed by atoms with E-state index in [0.717, 1.165) is 5.56 Å². The molecule has 0 saturated carbocycles. The van der Waals surface area contributed by atoms with Gasteiger partial charge in [-0.15, -0.1) is 0 Å². The van der Waals surface area contributed by atoms with Crippen LogP contribution in [0.1, 0.15) is 5.56 Å². The number of benzene rings is 2. The van der Waals surface area contributed by atoms with E-state index in [1.165, 1.54) is 12.1 Å². The Kier molecular flexibility index (Phi) is 4.94. The second-order valence-electron chi connectivity index (χ2n) is 4.52. The van der Waals surface area contributed by atoms with E-state index in [1.54, 1.807) is 6.07 Å². The van der Waals surface area contributed by atoms with Crippen LogP contribution in [0.4, 0.5) is 11.4 Å². The van der Waals surface area contributed by atoms with E-state index in [1.807, 2.05) is 25.1 Å². The highest BCUT2D eigenvalue weighted by atomic mass is 35.5. The summed E-state index contributed by atoms with van der Waals surface area (Å²) in [5, 5.41) is 3.26. The normalized spacial score (nSPS) is 10.2. The van der Waals surface area contributed by atoms with Gasteiger partial charge >= 0.3 is 0 Å². The molecule has 21 heavy (non-hydrogen) atoms. The van der Waals surface area contributed by atoms with Crippen molar-refractivity contribution in [3.8, 4) is 5.75 Å². The topological polar surface area (TPSA) is 64.3 Å². The van der Waals surface area contributed by atoms with E-state index >= 15 is 0 Å². The Balaban J connectivity index is 1.99. The van der Waals surface area contributed by atoms with E-state index in [9.17, 15) is 4.79 Å². The average molecular weight is 325 g/mol. The molecule has 3 N–H and O–H groups in total. The van der Waals surface area contributed by atoms with Gasteiger partial charge in [0.2, 0.25) is 0 Å². The number of carbonyl (C=O) groups excluding carboxylic acids is 1. The zero-order chi connectivity index (χ0) is 15.4. The predicted octanol–water partition coefficient (Wildman–Crippen LogP) is 3.90. The standard InChI is InChI=1S/C15H14Cl2N2O2/c1-9-3-2-4-11(5-9)19-14(20)8-21-15-12(16)6-10(18)7-13(15)17/h2-7H,8,18H2,1H3,(H,19,20). The van der Waals surface area contributed by atoms with Crippen LogP contribution in [0.2, 0.25) is 10.0 Å². The van der Waals surface area contributed by atoms with Gasteiger partial charge in [0.15, 0.2) is 12.4 Å². The Labute approximate surface area is 132 Å². The number of anilines is 2. The first-order valence-electron chi connectivity index (χ1n) is 6.19. The molecule has 0 unspecified atom stereocenters. The molecule has 0 atom stereocenters. The molecule has 0 aliphatic rings. The molecule has 1 amide bonds. The van der Waals surface area contributed by atoms with Crippen LogP contribution in [0.25, 0.3) is 0 Å². The second-order valence-corrected chi connectivity index (χ2v) is 5.33. The van der Waals surface area contributed by atoms with Crippen molar-refractivity contribution in [3.05, 3.63) is 52.0 Å². The molecule has 6 heteroatoms. The molecule has 0 bridgehead atoms. The van der Waals surface area contributed by atoms with Crippen LogP contribution in [0, 0.1) is 6.92 Å². The minimum absolute atomic E-state index is 0.197. The number of amides is 1. The van der Waals surface area contributed by atoms with Crippen LogP contribution in [0.3, 0.4) is 0 Å². The van der Waals surface area contributed by atoms with Crippen molar-refractivity contribution in [3.63, 3.8) is 0 Å². The molecule has 4 nitrogen and oxygen atoms in total. The van der Waals surface area contributed by atoms with Crippen molar-refractivity contribution in [2.75, 3.05) is 17.7 Å². The zero-order valence-electron chi connectivity index (χ0n) is 11.3.